The number of aromatic nitrogens is 1. The Morgan fingerprint density at radius 1 is 1.44 bits per heavy atom. The van der Waals surface area contributed by atoms with Crippen LogP contribution in [0, 0.1) is 5.82 Å². The maximum absolute atomic E-state index is 13.6. The van der Waals surface area contributed by atoms with Gasteiger partial charge in [0.25, 0.3) is 0 Å². The third-order valence-electron chi connectivity index (χ3n) is 3.05. The predicted molar refractivity (Wildman–Crippen MR) is 67.3 cm³/mol. The molecule has 0 aliphatic carbocycles. The van der Waals surface area contributed by atoms with Crippen molar-refractivity contribution in [3.8, 4) is 0 Å². The van der Waals surface area contributed by atoms with Crippen LogP contribution in [0.1, 0.15) is 27.0 Å². The molecule has 3 nitrogen and oxygen atoms in total. The number of Topliss-reactive ketones (excluding diaryl/α,β-unsaturated/α-hetero) is 1. The fourth-order valence-corrected chi connectivity index (χ4v) is 3.07. The minimum atomic E-state index is -0.471. The summed E-state index contributed by atoms with van der Waals surface area (Å²) in [5.74, 6) is -0.695. The van der Waals surface area contributed by atoms with E-state index >= 15 is 0 Å². The molecule has 2 heterocycles. The Kier molecular flexibility index (Phi) is 2.93. The second-order valence-corrected chi connectivity index (χ2v) is 5.03. The largest absolute Gasteiger partial charge is 0.302 e. The van der Waals surface area contributed by atoms with E-state index in [0.717, 1.165) is 17.0 Å². The van der Waals surface area contributed by atoms with Crippen LogP contribution in [0.3, 0.4) is 0 Å². The monoisotopic (exact) mass is 262 g/mol. The third kappa shape index (κ3) is 1.85. The molecule has 1 aromatic carbocycles. The zero-order valence-electron chi connectivity index (χ0n) is 9.52. The maximum atomic E-state index is 13.6. The molecule has 0 fully saturated rings. The lowest BCUT2D eigenvalue weighted by molar-refractivity contribution is 0.0937. The average Bonchev–Trinajstić information content (AvgIpc) is 2.86. The first kappa shape index (κ1) is 11.5. The molecule has 1 unspecified atom stereocenters. The number of carbonyl (C=O) groups is 1. The molecule has 0 spiro atoms. The summed E-state index contributed by atoms with van der Waals surface area (Å²) in [6.07, 6.45) is 0.819. The molecule has 3 rings (SSSR count). The SMILES string of the molecule is O=C(c1ccccc1F)C1NCCc2ncsc21. The number of ketones is 1. The lowest BCUT2D eigenvalue weighted by Gasteiger charge is -2.22. The molecule has 92 valence electrons. The molecule has 1 aromatic heterocycles. The normalized spacial score (nSPS) is 18.4. The lowest BCUT2D eigenvalue weighted by Crippen LogP contribution is -2.34. The number of carbonyl (C=O) groups excluding carboxylic acids is 1. The average molecular weight is 262 g/mol. The second-order valence-electron chi connectivity index (χ2n) is 4.14. The van der Waals surface area contributed by atoms with E-state index in [4.69, 9.17) is 0 Å². The van der Waals surface area contributed by atoms with Gasteiger partial charge in [0.1, 0.15) is 11.9 Å². The fraction of sp³-hybridized carbons (Fsp3) is 0.231. The van der Waals surface area contributed by atoms with E-state index in [2.05, 4.69) is 10.3 Å². The van der Waals surface area contributed by atoms with Gasteiger partial charge in [-0.15, -0.1) is 11.3 Å². The van der Waals surface area contributed by atoms with Crippen molar-refractivity contribution in [2.45, 2.75) is 12.5 Å². The van der Waals surface area contributed by atoms with Gasteiger partial charge in [0.05, 0.1) is 21.6 Å². The molecule has 0 amide bonds. The Balaban J connectivity index is 1.98. The molecule has 1 atom stereocenters. The minimum Gasteiger partial charge on any atom is -0.302 e. The first-order chi connectivity index (χ1) is 8.77. The van der Waals surface area contributed by atoms with Crippen LogP contribution in [0.2, 0.25) is 0 Å². The van der Waals surface area contributed by atoms with Gasteiger partial charge in [0.2, 0.25) is 0 Å². The summed E-state index contributed by atoms with van der Waals surface area (Å²) in [5, 5.41) is 3.14. The van der Waals surface area contributed by atoms with Gasteiger partial charge in [-0.05, 0) is 12.1 Å². The first-order valence-electron chi connectivity index (χ1n) is 5.72. The highest BCUT2D eigenvalue weighted by molar-refractivity contribution is 7.10. The molecule has 0 saturated heterocycles. The van der Waals surface area contributed by atoms with Crippen LogP contribution >= 0.6 is 11.3 Å². The van der Waals surface area contributed by atoms with Crippen molar-refractivity contribution in [1.82, 2.24) is 10.3 Å². The molecule has 18 heavy (non-hydrogen) atoms. The Morgan fingerprint density at radius 2 is 2.28 bits per heavy atom. The summed E-state index contributed by atoms with van der Waals surface area (Å²) < 4.78 is 13.6. The molecular formula is C13H11FN2OS. The van der Waals surface area contributed by atoms with Crippen molar-refractivity contribution in [2.75, 3.05) is 6.54 Å². The van der Waals surface area contributed by atoms with Gasteiger partial charge in [-0.1, -0.05) is 12.1 Å². The summed E-state index contributed by atoms with van der Waals surface area (Å²) in [5.41, 5.74) is 2.82. The van der Waals surface area contributed by atoms with Crippen molar-refractivity contribution < 1.29 is 9.18 Å². The molecule has 0 bridgehead atoms. The van der Waals surface area contributed by atoms with Crippen LogP contribution < -0.4 is 5.32 Å². The summed E-state index contributed by atoms with van der Waals surface area (Å²) in [6, 6.07) is 5.63. The highest BCUT2D eigenvalue weighted by atomic mass is 32.1. The summed E-state index contributed by atoms with van der Waals surface area (Å²) in [6.45, 7) is 0.696. The van der Waals surface area contributed by atoms with E-state index in [1.54, 1.807) is 17.6 Å². The molecule has 1 aliphatic rings. The van der Waals surface area contributed by atoms with Gasteiger partial charge < -0.3 is 5.32 Å². The predicted octanol–water partition coefficient (Wildman–Crippen LogP) is 2.35. The first-order valence-corrected chi connectivity index (χ1v) is 6.59. The minimum absolute atomic E-state index is 0.135. The highest BCUT2D eigenvalue weighted by Gasteiger charge is 2.30. The molecule has 0 radical (unpaired) electrons. The van der Waals surface area contributed by atoms with Crippen LogP contribution in [-0.4, -0.2) is 17.3 Å². The Morgan fingerprint density at radius 3 is 3.11 bits per heavy atom. The number of thiazole rings is 1. The standard InChI is InChI=1S/C13H11FN2OS/c14-9-4-2-1-3-8(9)12(17)11-13-10(5-6-15-11)16-7-18-13/h1-4,7,11,15H,5-6H2. The number of benzene rings is 1. The van der Waals surface area contributed by atoms with E-state index in [-0.39, 0.29) is 11.3 Å². The Labute approximate surface area is 108 Å². The number of halogens is 1. The van der Waals surface area contributed by atoms with E-state index < -0.39 is 11.9 Å². The van der Waals surface area contributed by atoms with Crippen molar-refractivity contribution >= 4 is 17.1 Å². The van der Waals surface area contributed by atoms with Gasteiger partial charge in [-0.25, -0.2) is 9.37 Å². The van der Waals surface area contributed by atoms with Crippen LogP contribution in [-0.2, 0) is 6.42 Å². The Bertz CT molecular complexity index is 596. The van der Waals surface area contributed by atoms with Crippen LogP contribution in [0.25, 0.3) is 0 Å². The number of nitrogens with zero attached hydrogens (tertiary/aromatic N) is 1. The van der Waals surface area contributed by atoms with Gasteiger partial charge in [0, 0.05) is 13.0 Å². The van der Waals surface area contributed by atoms with Gasteiger partial charge in [-0.2, -0.15) is 0 Å². The van der Waals surface area contributed by atoms with E-state index in [1.807, 2.05) is 0 Å². The number of fused-ring (bicyclic) bond motifs is 1. The van der Waals surface area contributed by atoms with Gasteiger partial charge in [-0.3, -0.25) is 4.79 Å². The van der Waals surface area contributed by atoms with E-state index in [9.17, 15) is 9.18 Å². The third-order valence-corrected chi connectivity index (χ3v) is 3.98. The van der Waals surface area contributed by atoms with Crippen LogP contribution in [0.5, 0.6) is 0 Å². The zero-order valence-corrected chi connectivity index (χ0v) is 10.3. The van der Waals surface area contributed by atoms with Crippen molar-refractivity contribution in [2.24, 2.45) is 0 Å². The number of nitrogens with one attached hydrogen (secondary N) is 1. The van der Waals surface area contributed by atoms with Crippen molar-refractivity contribution in [3.05, 3.63) is 51.7 Å². The topological polar surface area (TPSA) is 42.0 Å². The summed E-state index contributed by atoms with van der Waals surface area (Å²) in [4.78, 5) is 17.5. The second kappa shape index (κ2) is 4.59. The molecule has 5 heteroatoms. The molecule has 2 aromatic rings. The number of hydrogen-bond acceptors (Lipinski definition) is 4. The fourth-order valence-electron chi connectivity index (χ4n) is 2.16. The molecule has 1 N–H and O–H groups in total. The number of rotatable bonds is 2. The van der Waals surface area contributed by atoms with E-state index in [1.165, 1.54) is 23.5 Å². The van der Waals surface area contributed by atoms with Crippen molar-refractivity contribution in [3.63, 3.8) is 0 Å². The lowest BCUT2D eigenvalue weighted by atomic mass is 9.98. The summed E-state index contributed by atoms with van der Waals surface area (Å²) >= 11 is 1.45. The van der Waals surface area contributed by atoms with Crippen molar-refractivity contribution in [1.29, 1.82) is 0 Å². The maximum Gasteiger partial charge on any atom is 0.188 e. The molecule has 0 saturated carbocycles. The smallest absolute Gasteiger partial charge is 0.188 e. The Hall–Kier alpha value is -1.59. The van der Waals surface area contributed by atoms with E-state index in [0.29, 0.717) is 6.54 Å². The quantitative estimate of drug-likeness (QED) is 0.845. The number of hydrogen-bond donors (Lipinski definition) is 1. The molecule has 1 aliphatic heterocycles. The van der Waals surface area contributed by atoms with Gasteiger partial charge >= 0.3 is 0 Å². The zero-order chi connectivity index (χ0) is 12.5. The molecular weight excluding hydrogens is 251 g/mol. The van der Waals surface area contributed by atoms with Crippen LogP contribution in [0.4, 0.5) is 4.39 Å². The summed E-state index contributed by atoms with van der Waals surface area (Å²) in [7, 11) is 0. The highest BCUT2D eigenvalue weighted by Crippen LogP contribution is 2.29. The van der Waals surface area contributed by atoms with Gasteiger partial charge in [0.15, 0.2) is 5.78 Å². The van der Waals surface area contributed by atoms with Crippen LogP contribution in [0.15, 0.2) is 29.8 Å².